The normalized spacial score (nSPS) is 31.8. The molecular formula is C11H15N3O2S. The van der Waals surface area contributed by atoms with Crippen molar-refractivity contribution in [3.63, 3.8) is 0 Å². The second kappa shape index (κ2) is 3.68. The molecule has 0 aromatic carbocycles. The Balaban J connectivity index is 1.76. The van der Waals surface area contributed by atoms with E-state index >= 15 is 0 Å². The maximum atomic E-state index is 11.0. The van der Waals surface area contributed by atoms with Gasteiger partial charge in [0.25, 0.3) is 0 Å². The molecule has 1 aliphatic carbocycles. The van der Waals surface area contributed by atoms with E-state index in [4.69, 9.17) is 10.8 Å². The van der Waals surface area contributed by atoms with E-state index < -0.39 is 6.09 Å². The molecule has 3 rings (SSSR count). The van der Waals surface area contributed by atoms with Gasteiger partial charge in [-0.25, -0.2) is 9.78 Å². The molecule has 5 nitrogen and oxygen atoms in total. The fourth-order valence-electron chi connectivity index (χ4n) is 3.08. The molecule has 3 N–H and O–H groups in total. The zero-order valence-corrected chi connectivity index (χ0v) is 10.2. The summed E-state index contributed by atoms with van der Waals surface area (Å²) in [6.45, 7) is 0.547. The Bertz CT molecular complexity index is 439. The van der Waals surface area contributed by atoms with E-state index in [2.05, 4.69) is 4.98 Å². The zero-order valence-electron chi connectivity index (χ0n) is 9.43. The third-order valence-electron chi connectivity index (χ3n) is 3.97. The third kappa shape index (κ3) is 1.71. The van der Waals surface area contributed by atoms with Crippen molar-refractivity contribution in [1.29, 1.82) is 0 Å². The molecule has 0 radical (unpaired) electrons. The molecule has 1 fully saturated rings. The number of fused-ring (bicyclic) bond motifs is 1. The summed E-state index contributed by atoms with van der Waals surface area (Å²) in [5.74, 6) is 0. The highest BCUT2D eigenvalue weighted by molar-refractivity contribution is 7.09. The van der Waals surface area contributed by atoms with E-state index in [1.807, 2.05) is 5.51 Å². The lowest BCUT2D eigenvalue weighted by molar-refractivity contribution is 0.0556. The molecule has 0 bridgehead atoms. The largest absolute Gasteiger partial charge is 0.465 e. The highest BCUT2D eigenvalue weighted by Gasteiger charge is 2.44. The summed E-state index contributed by atoms with van der Waals surface area (Å²) in [5.41, 5.74) is 9.23. The lowest BCUT2D eigenvalue weighted by Crippen LogP contribution is -2.53. The van der Waals surface area contributed by atoms with Crippen LogP contribution in [0.15, 0.2) is 5.51 Å². The van der Waals surface area contributed by atoms with E-state index in [0.717, 1.165) is 25.7 Å². The first-order valence-electron chi connectivity index (χ1n) is 5.76. The summed E-state index contributed by atoms with van der Waals surface area (Å²) in [4.78, 5) is 18.1. The van der Waals surface area contributed by atoms with Crippen LogP contribution in [0.25, 0.3) is 0 Å². The first-order chi connectivity index (χ1) is 8.10. The Morgan fingerprint density at radius 1 is 1.65 bits per heavy atom. The molecule has 2 heterocycles. The second-order valence-electron chi connectivity index (χ2n) is 5.07. The van der Waals surface area contributed by atoms with Gasteiger partial charge in [-0.15, -0.1) is 11.3 Å². The number of hydrogen-bond acceptors (Lipinski definition) is 4. The first kappa shape index (κ1) is 11.0. The number of rotatable bonds is 0. The number of nitrogens with two attached hydrogens (primary N) is 1. The number of piperidine rings is 1. The van der Waals surface area contributed by atoms with Crippen LogP contribution in [0.4, 0.5) is 4.79 Å². The third-order valence-corrected chi connectivity index (χ3v) is 4.85. The maximum Gasteiger partial charge on any atom is 0.408 e. The highest BCUT2D eigenvalue weighted by atomic mass is 32.1. The van der Waals surface area contributed by atoms with Gasteiger partial charge in [-0.3, -0.25) is 4.90 Å². The number of nitrogens with zero attached hydrogens (tertiary/aromatic N) is 2. The summed E-state index contributed by atoms with van der Waals surface area (Å²) >= 11 is 1.71. The monoisotopic (exact) mass is 253 g/mol. The summed E-state index contributed by atoms with van der Waals surface area (Å²) in [7, 11) is 0. The summed E-state index contributed by atoms with van der Waals surface area (Å²) in [6, 6.07) is 0. The molecule has 1 spiro atoms. The fraction of sp³-hybridized carbons (Fsp3) is 0.636. The molecule has 2 unspecified atom stereocenters. The average molecular weight is 253 g/mol. The highest BCUT2D eigenvalue weighted by Crippen LogP contribution is 2.46. The van der Waals surface area contributed by atoms with E-state index in [1.54, 1.807) is 11.3 Å². The lowest BCUT2D eigenvalue weighted by atomic mass is 9.75. The van der Waals surface area contributed by atoms with Crippen LogP contribution in [0.1, 0.15) is 23.4 Å². The van der Waals surface area contributed by atoms with E-state index in [1.165, 1.54) is 15.5 Å². The second-order valence-corrected chi connectivity index (χ2v) is 6.01. The van der Waals surface area contributed by atoms with Gasteiger partial charge in [0.1, 0.15) is 0 Å². The molecule has 1 saturated heterocycles. The van der Waals surface area contributed by atoms with Crippen LogP contribution in [0.3, 0.4) is 0 Å². The average Bonchev–Trinajstić information content (AvgIpc) is 2.75. The quantitative estimate of drug-likeness (QED) is 0.730. The smallest absolute Gasteiger partial charge is 0.408 e. The lowest BCUT2D eigenvalue weighted by Gasteiger charge is -2.42. The Morgan fingerprint density at radius 2 is 2.47 bits per heavy atom. The molecular weight excluding hydrogens is 238 g/mol. The number of aromatic nitrogens is 1. The maximum absolute atomic E-state index is 11.0. The van der Waals surface area contributed by atoms with Crippen molar-refractivity contribution in [2.45, 2.75) is 31.8 Å². The topological polar surface area (TPSA) is 79.5 Å². The molecule has 1 aliphatic heterocycles. The first-order valence-corrected chi connectivity index (χ1v) is 6.64. The number of hydrogen-bond donors (Lipinski definition) is 2. The minimum atomic E-state index is -0.904. The Labute approximate surface area is 103 Å². The van der Waals surface area contributed by atoms with Gasteiger partial charge in [0, 0.05) is 11.4 Å². The van der Waals surface area contributed by atoms with Crippen LogP contribution in [0.2, 0.25) is 0 Å². The molecule has 2 atom stereocenters. The van der Waals surface area contributed by atoms with Crippen LogP contribution in [0, 0.1) is 5.41 Å². The Hall–Kier alpha value is -1.14. The molecule has 1 aromatic rings. The van der Waals surface area contributed by atoms with Crippen molar-refractivity contribution in [3.8, 4) is 0 Å². The standard InChI is InChI=1S/C11H15N3O2S/c12-9-5-11(1-2-14(9)10(15)16)3-7-8(4-11)17-6-13-7/h6,9H,1-5,12H2,(H,15,16). The predicted octanol–water partition coefficient (Wildman–Crippen LogP) is 1.29. The van der Waals surface area contributed by atoms with Crippen molar-refractivity contribution in [1.82, 2.24) is 9.88 Å². The number of carboxylic acid groups (broad SMARTS) is 1. The molecule has 1 amide bonds. The van der Waals surface area contributed by atoms with Gasteiger partial charge in [0.15, 0.2) is 0 Å². The molecule has 6 heteroatoms. The van der Waals surface area contributed by atoms with E-state index in [0.29, 0.717) is 6.54 Å². The van der Waals surface area contributed by atoms with Crippen molar-refractivity contribution in [3.05, 3.63) is 16.1 Å². The van der Waals surface area contributed by atoms with Crippen LogP contribution in [-0.4, -0.2) is 33.8 Å². The van der Waals surface area contributed by atoms with Crippen molar-refractivity contribution >= 4 is 17.4 Å². The Kier molecular flexibility index (Phi) is 2.38. The molecule has 1 aromatic heterocycles. The van der Waals surface area contributed by atoms with Gasteiger partial charge >= 0.3 is 6.09 Å². The fourth-order valence-corrected chi connectivity index (χ4v) is 4.04. The van der Waals surface area contributed by atoms with Crippen LogP contribution < -0.4 is 5.73 Å². The Morgan fingerprint density at radius 3 is 3.12 bits per heavy atom. The van der Waals surface area contributed by atoms with Crippen LogP contribution in [-0.2, 0) is 12.8 Å². The van der Waals surface area contributed by atoms with Crippen molar-refractivity contribution in [2.24, 2.45) is 11.1 Å². The van der Waals surface area contributed by atoms with E-state index in [-0.39, 0.29) is 11.6 Å². The molecule has 92 valence electrons. The molecule has 2 aliphatic rings. The van der Waals surface area contributed by atoms with Crippen molar-refractivity contribution < 1.29 is 9.90 Å². The minimum Gasteiger partial charge on any atom is -0.465 e. The van der Waals surface area contributed by atoms with E-state index in [9.17, 15) is 4.79 Å². The number of carbonyl (C=O) groups is 1. The van der Waals surface area contributed by atoms with Gasteiger partial charge < -0.3 is 10.8 Å². The molecule has 0 saturated carbocycles. The zero-order chi connectivity index (χ0) is 12.0. The molecule has 17 heavy (non-hydrogen) atoms. The van der Waals surface area contributed by atoms with Gasteiger partial charge in [-0.05, 0) is 31.1 Å². The van der Waals surface area contributed by atoms with Gasteiger partial charge in [-0.1, -0.05) is 0 Å². The summed E-state index contributed by atoms with van der Waals surface area (Å²) < 4.78 is 0. The van der Waals surface area contributed by atoms with Gasteiger partial charge in [0.05, 0.1) is 17.4 Å². The summed E-state index contributed by atoms with van der Waals surface area (Å²) in [6.07, 6.45) is 2.37. The van der Waals surface area contributed by atoms with Crippen molar-refractivity contribution in [2.75, 3.05) is 6.54 Å². The summed E-state index contributed by atoms with van der Waals surface area (Å²) in [5, 5.41) is 9.01. The van der Waals surface area contributed by atoms with Crippen LogP contribution >= 0.6 is 11.3 Å². The number of thiazole rings is 1. The SMILES string of the molecule is NC1CC2(CCN1C(=O)O)Cc1ncsc1C2. The predicted molar refractivity (Wildman–Crippen MR) is 63.9 cm³/mol. The van der Waals surface area contributed by atoms with Gasteiger partial charge in [0.2, 0.25) is 0 Å². The van der Waals surface area contributed by atoms with Gasteiger partial charge in [-0.2, -0.15) is 0 Å². The number of likely N-dealkylation sites (tertiary alicyclic amines) is 1. The number of amides is 1. The van der Waals surface area contributed by atoms with Crippen LogP contribution in [0.5, 0.6) is 0 Å². The minimum absolute atomic E-state index is 0.167.